The molecule has 0 radical (unpaired) electrons. The molecule has 8 nitrogen and oxygen atoms in total. The topological polar surface area (TPSA) is 78.0 Å². The first-order valence-electron chi connectivity index (χ1n) is 9.76. The Morgan fingerprint density at radius 1 is 1.32 bits per heavy atom. The van der Waals surface area contributed by atoms with Crippen molar-refractivity contribution in [3.63, 3.8) is 0 Å². The third-order valence-corrected chi connectivity index (χ3v) is 5.60. The van der Waals surface area contributed by atoms with Crippen molar-refractivity contribution in [2.24, 2.45) is 7.05 Å². The largest absolute Gasteiger partial charge is 0.341 e. The molecule has 1 saturated heterocycles. The third-order valence-electron chi connectivity index (χ3n) is 5.60. The zero-order valence-corrected chi connectivity index (χ0v) is 16.6. The monoisotopic (exact) mass is 382 g/mol. The fraction of sp³-hybridized carbons (Fsp3) is 0.500. The van der Waals surface area contributed by atoms with E-state index in [-0.39, 0.29) is 17.6 Å². The van der Waals surface area contributed by atoms with E-state index in [4.69, 9.17) is 0 Å². The summed E-state index contributed by atoms with van der Waals surface area (Å²) in [7, 11) is 1.77. The highest BCUT2D eigenvalue weighted by Crippen LogP contribution is 2.24. The second-order valence-corrected chi connectivity index (χ2v) is 7.59. The van der Waals surface area contributed by atoms with Gasteiger partial charge >= 0.3 is 5.69 Å². The summed E-state index contributed by atoms with van der Waals surface area (Å²) in [5.41, 5.74) is 3.47. The van der Waals surface area contributed by atoms with Crippen LogP contribution in [0.4, 0.5) is 0 Å². The number of fused-ring (bicyclic) bond motifs is 1. The molecule has 1 amide bonds. The van der Waals surface area contributed by atoms with Gasteiger partial charge in [-0.25, -0.2) is 9.78 Å². The van der Waals surface area contributed by atoms with Gasteiger partial charge in [-0.1, -0.05) is 0 Å². The summed E-state index contributed by atoms with van der Waals surface area (Å²) in [5.74, 6) is 0.110. The van der Waals surface area contributed by atoms with Crippen LogP contribution in [0.15, 0.2) is 29.2 Å². The fourth-order valence-electron chi connectivity index (χ4n) is 4.17. The van der Waals surface area contributed by atoms with E-state index in [9.17, 15) is 9.59 Å². The number of aromatic nitrogens is 5. The Hall–Kier alpha value is -2.90. The van der Waals surface area contributed by atoms with Crippen LogP contribution in [0.3, 0.4) is 0 Å². The van der Waals surface area contributed by atoms with Crippen LogP contribution in [0.25, 0.3) is 11.2 Å². The highest BCUT2D eigenvalue weighted by molar-refractivity contribution is 5.76. The number of carbonyl (C=O) groups is 1. The van der Waals surface area contributed by atoms with Gasteiger partial charge < -0.3 is 4.90 Å². The molecule has 1 aliphatic heterocycles. The van der Waals surface area contributed by atoms with Crippen molar-refractivity contribution in [3.8, 4) is 0 Å². The third kappa shape index (κ3) is 3.23. The molecule has 8 heteroatoms. The molecule has 4 heterocycles. The van der Waals surface area contributed by atoms with Crippen LogP contribution in [0.1, 0.15) is 36.7 Å². The molecule has 28 heavy (non-hydrogen) atoms. The summed E-state index contributed by atoms with van der Waals surface area (Å²) in [4.78, 5) is 31.9. The van der Waals surface area contributed by atoms with Crippen LogP contribution >= 0.6 is 0 Å². The van der Waals surface area contributed by atoms with E-state index in [1.165, 1.54) is 0 Å². The molecule has 0 aliphatic carbocycles. The summed E-state index contributed by atoms with van der Waals surface area (Å²) in [6, 6.07) is 5.71. The van der Waals surface area contributed by atoms with Gasteiger partial charge in [0.1, 0.15) is 0 Å². The lowest BCUT2D eigenvalue weighted by molar-refractivity contribution is -0.133. The number of rotatable bonds is 4. The molecule has 3 aromatic rings. The Kier molecular flexibility index (Phi) is 4.78. The van der Waals surface area contributed by atoms with Crippen molar-refractivity contribution in [2.75, 3.05) is 13.1 Å². The van der Waals surface area contributed by atoms with Crippen LogP contribution in [0, 0.1) is 13.8 Å². The van der Waals surface area contributed by atoms with Gasteiger partial charge in [0, 0.05) is 45.0 Å². The number of imidazole rings is 1. The van der Waals surface area contributed by atoms with Crippen molar-refractivity contribution >= 4 is 17.1 Å². The van der Waals surface area contributed by atoms with Crippen LogP contribution < -0.4 is 5.69 Å². The van der Waals surface area contributed by atoms with Crippen molar-refractivity contribution in [3.05, 3.63) is 46.3 Å². The SMILES string of the molecule is Cc1cc(C)n(CCC(=O)N2CCC[C@H](n3c(=O)n(C)c4cccnc43)C2)n1. The molecule has 1 fully saturated rings. The first-order chi connectivity index (χ1) is 13.5. The molecule has 0 saturated carbocycles. The van der Waals surface area contributed by atoms with E-state index in [1.807, 2.05) is 41.6 Å². The second-order valence-electron chi connectivity index (χ2n) is 7.59. The van der Waals surface area contributed by atoms with Gasteiger partial charge in [0.25, 0.3) is 0 Å². The molecule has 148 valence electrons. The maximum atomic E-state index is 12.8. The van der Waals surface area contributed by atoms with Crippen LogP contribution in [0.5, 0.6) is 0 Å². The second kappa shape index (κ2) is 7.26. The first kappa shape index (κ1) is 18.5. The Balaban J connectivity index is 1.50. The first-order valence-corrected chi connectivity index (χ1v) is 9.76. The summed E-state index contributed by atoms with van der Waals surface area (Å²) in [5, 5.41) is 4.43. The van der Waals surface area contributed by atoms with Crippen molar-refractivity contribution in [1.29, 1.82) is 0 Å². The molecular weight excluding hydrogens is 356 g/mol. The molecule has 0 unspecified atom stereocenters. The number of likely N-dealkylation sites (tertiary alicyclic amines) is 1. The molecule has 0 N–H and O–H groups in total. The lowest BCUT2D eigenvalue weighted by atomic mass is 10.0. The minimum Gasteiger partial charge on any atom is -0.341 e. The molecule has 0 bridgehead atoms. The van der Waals surface area contributed by atoms with E-state index in [0.717, 1.165) is 36.3 Å². The smallest absolute Gasteiger partial charge is 0.330 e. The molecule has 1 atom stereocenters. The van der Waals surface area contributed by atoms with E-state index in [1.54, 1.807) is 22.4 Å². The predicted molar refractivity (Wildman–Crippen MR) is 106 cm³/mol. The highest BCUT2D eigenvalue weighted by Gasteiger charge is 2.28. The van der Waals surface area contributed by atoms with E-state index >= 15 is 0 Å². The lowest BCUT2D eigenvalue weighted by Crippen LogP contribution is -2.43. The maximum absolute atomic E-state index is 12.8. The summed E-state index contributed by atoms with van der Waals surface area (Å²) in [6.45, 7) is 5.82. The Bertz CT molecular complexity index is 1080. The fourth-order valence-corrected chi connectivity index (χ4v) is 4.17. The van der Waals surface area contributed by atoms with Gasteiger partial charge in [-0.05, 0) is 44.9 Å². The van der Waals surface area contributed by atoms with Gasteiger partial charge in [-0.3, -0.25) is 18.6 Å². The molecule has 0 aromatic carbocycles. The number of aryl methyl sites for hydroxylation is 4. The molecule has 0 spiro atoms. The average molecular weight is 382 g/mol. The Morgan fingerprint density at radius 3 is 2.89 bits per heavy atom. The van der Waals surface area contributed by atoms with Crippen LogP contribution in [-0.4, -0.2) is 47.8 Å². The Labute approximate surface area is 163 Å². The van der Waals surface area contributed by atoms with E-state index in [0.29, 0.717) is 25.2 Å². The summed E-state index contributed by atoms with van der Waals surface area (Å²) < 4.78 is 5.27. The van der Waals surface area contributed by atoms with Gasteiger partial charge in [-0.2, -0.15) is 5.10 Å². The van der Waals surface area contributed by atoms with Gasteiger partial charge in [0.2, 0.25) is 5.91 Å². The zero-order valence-electron chi connectivity index (χ0n) is 16.6. The number of piperidine rings is 1. The van der Waals surface area contributed by atoms with Gasteiger partial charge in [0.15, 0.2) is 5.65 Å². The Morgan fingerprint density at radius 2 is 2.14 bits per heavy atom. The number of pyridine rings is 1. The molecular formula is C20H26N6O2. The van der Waals surface area contributed by atoms with E-state index in [2.05, 4.69) is 10.1 Å². The van der Waals surface area contributed by atoms with Crippen molar-refractivity contribution in [2.45, 2.75) is 45.7 Å². The number of amides is 1. The lowest BCUT2D eigenvalue weighted by Gasteiger charge is -2.33. The van der Waals surface area contributed by atoms with Crippen molar-refractivity contribution in [1.82, 2.24) is 28.8 Å². The molecule has 1 aliphatic rings. The minimum atomic E-state index is -0.0735. The summed E-state index contributed by atoms with van der Waals surface area (Å²) in [6.07, 6.45) is 3.87. The number of nitrogens with zero attached hydrogens (tertiary/aromatic N) is 6. The van der Waals surface area contributed by atoms with E-state index < -0.39 is 0 Å². The molecule has 4 rings (SSSR count). The highest BCUT2D eigenvalue weighted by atomic mass is 16.2. The molecule has 3 aromatic heterocycles. The van der Waals surface area contributed by atoms with Gasteiger partial charge in [-0.15, -0.1) is 0 Å². The van der Waals surface area contributed by atoms with Crippen LogP contribution in [0.2, 0.25) is 0 Å². The van der Waals surface area contributed by atoms with Crippen molar-refractivity contribution < 1.29 is 4.79 Å². The standard InChI is InChI=1S/C20H26N6O2/c1-14-12-15(2)25(22-14)11-8-18(27)24-10-5-6-16(13-24)26-19-17(7-4-9-21-19)23(3)20(26)28/h4,7,9,12,16H,5-6,8,10-11,13H2,1-3H3/t16-/m0/s1. The predicted octanol–water partition coefficient (Wildman–Crippen LogP) is 1.80. The maximum Gasteiger partial charge on any atom is 0.330 e. The van der Waals surface area contributed by atoms with Gasteiger partial charge in [0.05, 0.1) is 17.3 Å². The normalized spacial score (nSPS) is 17.4. The van der Waals surface area contributed by atoms with Crippen LogP contribution in [-0.2, 0) is 18.4 Å². The number of carbonyl (C=O) groups excluding carboxylic acids is 1. The average Bonchev–Trinajstić information content (AvgIpc) is 3.15. The number of hydrogen-bond acceptors (Lipinski definition) is 4. The number of hydrogen-bond donors (Lipinski definition) is 0. The minimum absolute atomic E-state index is 0.0440. The quantitative estimate of drug-likeness (QED) is 0.689. The summed E-state index contributed by atoms with van der Waals surface area (Å²) >= 11 is 0. The zero-order chi connectivity index (χ0) is 19.8.